The molecule has 0 radical (unpaired) electrons. The highest BCUT2D eigenvalue weighted by atomic mass is 32.1. The molecule has 0 saturated carbocycles. The summed E-state index contributed by atoms with van der Waals surface area (Å²) in [6, 6.07) is 12.8. The van der Waals surface area contributed by atoms with E-state index in [1.807, 2.05) is 24.3 Å². The van der Waals surface area contributed by atoms with Crippen LogP contribution in [-0.4, -0.2) is 24.8 Å². The Hall–Kier alpha value is -3.26. The number of amides is 1. The Balaban J connectivity index is 1.51. The van der Waals surface area contributed by atoms with Crippen LogP contribution in [-0.2, 0) is 0 Å². The first-order valence-electron chi connectivity index (χ1n) is 8.22. The number of para-hydroxylation sites is 2. The number of nitrogens with zero attached hydrogens (tertiary/aromatic N) is 1. The van der Waals surface area contributed by atoms with E-state index in [0.717, 1.165) is 5.69 Å². The van der Waals surface area contributed by atoms with Crippen LogP contribution in [0.2, 0.25) is 0 Å². The summed E-state index contributed by atoms with van der Waals surface area (Å²) >= 11 is 1.28. The molecule has 1 amide bonds. The number of thiazole rings is 1. The predicted molar refractivity (Wildman–Crippen MR) is 104 cm³/mol. The maximum Gasteiger partial charge on any atom is 0.267 e. The second-order valence-electron chi connectivity index (χ2n) is 5.78. The molecule has 0 bridgehead atoms. The lowest BCUT2D eigenvalue weighted by molar-refractivity contribution is 0.103. The van der Waals surface area contributed by atoms with Gasteiger partial charge in [0, 0.05) is 11.8 Å². The third-order valence-corrected chi connectivity index (χ3v) is 5.05. The van der Waals surface area contributed by atoms with Crippen LogP contribution in [0.1, 0.15) is 15.4 Å². The Kier molecular flexibility index (Phi) is 4.55. The summed E-state index contributed by atoms with van der Waals surface area (Å²) in [5, 5.41) is 6.69. The molecule has 7 nitrogen and oxygen atoms in total. The lowest BCUT2D eigenvalue weighted by atomic mass is 10.2. The average Bonchev–Trinajstić information content (AvgIpc) is 3.28. The third kappa shape index (κ3) is 3.52. The Morgan fingerprint density at radius 3 is 2.85 bits per heavy atom. The SMILES string of the molecule is COc1ccccc1Nc1nc(C)c(C(=O)Nc2ccc3c(c2)OCO3)s1. The van der Waals surface area contributed by atoms with Crippen molar-refractivity contribution in [3.63, 3.8) is 0 Å². The number of anilines is 3. The molecule has 0 spiro atoms. The van der Waals surface area contributed by atoms with Gasteiger partial charge in [0.2, 0.25) is 6.79 Å². The van der Waals surface area contributed by atoms with E-state index in [1.54, 1.807) is 32.2 Å². The third-order valence-electron chi connectivity index (χ3n) is 3.98. The van der Waals surface area contributed by atoms with E-state index in [-0.39, 0.29) is 12.7 Å². The number of hydrogen-bond donors (Lipinski definition) is 2. The molecule has 27 heavy (non-hydrogen) atoms. The van der Waals surface area contributed by atoms with E-state index in [2.05, 4.69) is 15.6 Å². The second-order valence-corrected chi connectivity index (χ2v) is 6.78. The smallest absolute Gasteiger partial charge is 0.267 e. The van der Waals surface area contributed by atoms with E-state index < -0.39 is 0 Å². The fourth-order valence-corrected chi connectivity index (χ4v) is 3.56. The molecule has 138 valence electrons. The molecule has 1 aromatic heterocycles. The van der Waals surface area contributed by atoms with Gasteiger partial charge in [-0.3, -0.25) is 4.79 Å². The Bertz CT molecular complexity index is 1000. The summed E-state index contributed by atoms with van der Waals surface area (Å²) in [4.78, 5) is 17.6. The van der Waals surface area contributed by atoms with Crippen molar-refractivity contribution in [2.24, 2.45) is 0 Å². The van der Waals surface area contributed by atoms with Gasteiger partial charge in [0.15, 0.2) is 16.6 Å². The molecule has 2 N–H and O–H groups in total. The topological polar surface area (TPSA) is 81.7 Å². The van der Waals surface area contributed by atoms with Crippen LogP contribution in [0.25, 0.3) is 0 Å². The number of hydrogen-bond acceptors (Lipinski definition) is 7. The largest absolute Gasteiger partial charge is 0.495 e. The number of nitrogens with one attached hydrogen (secondary N) is 2. The molecule has 0 aliphatic carbocycles. The number of carbonyl (C=O) groups is 1. The van der Waals surface area contributed by atoms with Gasteiger partial charge in [-0.05, 0) is 31.2 Å². The van der Waals surface area contributed by atoms with Gasteiger partial charge < -0.3 is 24.8 Å². The van der Waals surface area contributed by atoms with Gasteiger partial charge >= 0.3 is 0 Å². The molecule has 2 heterocycles. The lowest BCUT2D eigenvalue weighted by Crippen LogP contribution is -2.11. The standard InChI is InChI=1S/C19H17N3O4S/c1-11-17(18(23)21-12-7-8-15-16(9-12)26-10-25-15)27-19(20-11)22-13-5-3-4-6-14(13)24-2/h3-9H,10H2,1-2H3,(H,20,22)(H,21,23). The molecule has 3 aromatic rings. The quantitative estimate of drug-likeness (QED) is 0.688. The van der Waals surface area contributed by atoms with Crippen LogP contribution >= 0.6 is 11.3 Å². The number of methoxy groups -OCH3 is 1. The van der Waals surface area contributed by atoms with Crippen molar-refractivity contribution in [1.29, 1.82) is 0 Å². The molecule has 1 aliphatic rings. The number of aryl methyl sites for hydroxylation is 1. The number of rotatable bonds is 5. The van der Waals surface area contributed by atoms with E-state index in [9.17, 15) is 4.79 Å². The highest BCUT2D eigenvalue weighted by molar-refractivity contribution is 7.17. The average molecular weight is 383 g/mol. The van der Waals surface area contributed by atoms with Crippen molar-refractivity contribution in [3.8, 4) is 17.2 Å². The van der Waals surface area contributed by atoms with Crippen molar-refractivity contribution >= 4 is 33.8 Å². The summed E-state index contributed by atoms with van der Waals surface area (Å²) < 4.78 is 15.9. The molecule has 0 atom stereocenters. The number of carbonyl (C=O) groups excluding carboxylic acids is 1. The number of benzene rings is 2. The zero-order valence-corrected chi connectivity index (χ0v) is 15.6. The van der Waals surface area contributed by atoms with Crippen LogP contribution in [0, 0.1) is 6.92 Å². The first-order chi connectivity index (χ1) is 13.1. The van der Waals surface area contributed by atoms with Gasteiger partial charge in [-0.1, -0.05) is 23.5 Å². The van der Waals surface area contributed by atoms with E-state index in [1.165, 1.54) is 11.3 Å². The van der Waals surface area contributed by atoms with Crippen LogP contribution in [0.4, 0.5) is 16.5 Å². The van der Waals surface area contributed by atoms with Crippen molar-refractivity contribution in [1.82, 2.24) is 4.98 Å². The summed E-state index contributed by atoms with van der Waals surface area (Å²) in [7, 11) is 1.61. The van der Waals surface area contributed by atoms with Crippen LogP contribution in [0.5, 0.6) is 17.2 Å². The highest BCUT2D eigenvalue weighted by Crippen LogP contribution is 2.35. The number of ether oxygens (including phenoxy) is 3. The minimum absolute atomic E-state index is 0.193. The van der Waals surface area contributed by atoms with Gasteiger partial charge in [0.05, 0.1) is 18.5 Å². The van der Waals surface area contributed by atoms with Crippen molar-refractivity contribution < 1.29 is 19.0 Å². The molecule has 8 heteroatoms. The highest BCUT2D eigenvalue weighted by Gasteiger charge is 2.18. The Morgan fingerprint density at radius 1 is 1.19 bits per heavy atom. The Labute approximate surface area is 159 Å². The van der Waals surface area contributed by atoms with Crippen molar-refractivity contribution in [3.05, 3.63) is 53.0 Å². The maximum atomic E-state index is 12.7. The summed E-state index contributed by atoms with van der Waals surface area (Å²) in [5.74, 6) is 1.77. The zero-order valence-electron chi connectivity index (χ0n) is 14.7. The monoisotopic (exact) mass is 383 g/mol. The molecular formula is C19H17N3O4S. The van der Waals surface area contributed by atoms with Crippen LogP contribution in [0.15, 0.2) is 42.5 Å². The number of fused-ring (bicyclic) bond motifs is 1. The first kappa shape index (κ1) is 17.2. The van der Waals surface area contributed by atoms with Crippen LogP contribution < -0.4 is 24.8 Å². The first-order valence-corrected chi connectivity index (χ1v) is 9.04. The van der Waals surface area contributed by atoms with Gasteiger partial charge in [-0.2, -0.15) is 0 Å². The molecule has 4 rings (SSSR count). The summed E-state index contributed by atoms with van der Waals surface area (Å²) in [6.45, 7) is 2.00. The van der Waals surface area contributed by atoms with Crippen molar-refractivity contribution in [2.75, 3.05) is 24.5 Å². The van der Waals surface area contributed by atoms with Gasteiger partial charge in [-0.15, -0.1) is 0 Å². The van der Waals surface area contributed by atoms with E-state index in [4.69, 9.17) is 14.2 Å². The minimum atomic E-state index is -0.225. The molecular weight excluding hydrogens is 366 g/mol. The second kappa shape index (κ2) is 7.16. The molecule has 0 unspecified atom stereocenters. The zero-order chi connectivity index (χ0) is 18.8. The Morgan fingerprint density at radius 2 is 2.00 bits per heavy atom. The molecule has 0 saturated heterocycles. The van der Waals surface area contributed by atoms with Gasteiger partial charge in [0.25, 0.3) is 5.91 Å². The van der Waals surface area contributed by atoms with Gasteiger partial charge in [-0.25, -0.2) is 4.98 Å². The van der Waals surface area contributed by atoms with E-state index >= 15 is 0 Å². The van der Waals surface area contributed by atoms with Crippen molar-refractivity contribution in [2.45, 2.75) is 6.92 Å². The molecule has 0 fully saturated rings. The number of aromatic nitrogens is 1. The molecule has 2 aromatic carbocycles. The summed E-state index contributed by atoms with van der Waals surface area (Å²) in [5.41, 5.74) is 2.07. The lowest BCUT2D eigenvalue weighted by Gasteiger charge is -2.08. The van der Waals surface area contributed by atoms with Crippen LogP contribution in [0.3, 0.4) is 0 Å². The molecule has 1 aliphatic heterocycles. The van der Waals surface area contributed by atoms with E-state index in [0.29, 0.717) is 38.6 Å². The predicted octanol–water partition coefficient (Wildman–Crippen LogP) is 4.18. The minimum Gasteiger partial charge on any atom is -0.495 e. The fourth-order valence-electron chi connectivity index (χ4n) is 2.69. The maximum absolute atomic E-state index is 12.7. The fraction of sp³-hybridized carbons (Fsp3) is 0.158. The summed E-state index contributed by atoms with van der Waals surface area (Å²) in [6.07, 6.45) is 0. The normalized spacial score (nSPS) is 11.9. The van der Waals surface area contributed by atoms with Gasteiger partial charge in [0.1, 0.15) is 10.6 Å².